The van der Waals surface area contributed by atoms with Gasteiger partial charge >= 0.3 is 0 Å². The molecule has 2 heterocycles. The average Bonchev–Trinajstić information content (AvgIpc) is 3.35. The van der Waals surface area contributed by atoms with Crippen molar-refractivity contribution in [1.29, 1.82) is 5.26 Å². The molecule has 0 bridgehead atoms. The number of nitrogens with one attached hydrogen (secondary N) is 1. The van der Waals surface area contributed by atoms with E-state index in [1.165, 1.54) is 6.20 Å². The predicted molar refractivity (Wildman–Crippen MR) is 133 cm³/mol. The summed E-state index contributed by atoms with van der Waals surface area (Å²) in [7, 11) is 0. The number of hydrogen-bond acceptors (Lipinski definition) is 5. The van der Waals surface area contributed by atoms with Crippen molar-refractivity contribution in [2.24, 2.45) is 5.73 Å². The van der Waals surface area contributed by atoms with Gasteiger partial charge in [0.25, 0.3) is 11.8 Å². The molecule has 8 heteroatoms. The molecule has 0 fully saturated rings. The molecule has 35 heavy (non-hydrogen) atoms. The SMILES string of the molecule is N#Cc1cccc(NC(=O)c2cnn3c2C(=O)N(c2ccc(-c4ccc(CN)cc4)cc2)CC3)c1. The zero-order valence-corrected chi connectivity index (χ0v) is 18.8. The quantitative estimate of drug-likeness (QED) is 0.468. The van der Waals surface area contributed by atoms with Crippen LogP contribution in [-0.2, 0) is 13.1 Å². The fraction of sp³-hybridized carbons (Fsp3) is 0.111. The summed E-state index contributed by atoms with van der Waals surface area (Å²) in [6, 6.07) is 24.5. The van der Waals surface area contributed by atoms with E-state index in [1.807, 2.05) is 54.6 Å². The van der Waals surface area contributed by atoms with E-state index < -0.39 is 5.91 Å². The maximum atomic E-state index is 13.4. The number of rotatable bonds is 5. The second kappa shape index (κ2) is 9.25. The van der Waals surface area contributed by atoms with Gasteiger partial charge in [-0.05, 0) is 47.0 Å². The Bertz CT molecular complexity index is 1450. The number of carbonyl (C=O) groups is 2. The molecule has 172 valence electrons. The molecule has 1 aromatic heterocycles. The molecular weight excluding hydrogens is 440 g/mol. The third-order valence-electron chi connectivity index (χ3n) is 6.02. The molecule has 5 rings (SSSR count). The Morgan fingerprint density at radius 3 is 2.43 bits per heavy atom. The van der Waals surface area contributed by atoms with Crippen LogP contribution in [0.4, 0.5) is 11.4 Å². The van der Waals surface area contributed by atoms with Crippen molar-refractivity contribution in [3.63, 3.8) is 0 Å². The lowest BCUT2D eigenvalue weighted by atomic mass is 10.0. The summed E-state index contributed by atoms with van der Waals surface area (Å²) in [5.41, 5.74) is 10.9. The molecule has 0 saturated heterocycles. The summed E-state index contributed by atoms with van der Waals surface area (Å²) in [6.07, 6.45) is 1.41. The number of nitrogens with zero attached hydrogens (tertiary/aromatic N) is 4. The number of carbonyl (C=O) groups excluding carboxylic acids is 2. The highest BCUT2D eigenvalue weighted by molar-refractivity contribution is 6.15. The molecule has 0 aliphatic carbocycles. The minimum atomic E-state index is -0.451. The van der Waals surface area contributed by atoms with Crippen LogP contribution in [0.3, 0.4) is 0 Å². The number of aromatic nitrogens is 2. The van der Waals surface area contributed by atoms with Crippen LogP contribution in [0.2, 0.25) is 0 Å². The molecule has 0 unspecified atom stereocenters. The maximum absolute atomic E-state index is 13.4. The number of amides is 2. The summed E-state index contributed by atoms with van der Waals surface area (Å²) in [5, 5.41) is 16.1. The van der Waals surface area contributed by atoms with Crippen LogP contribution in [0.5, 0.6) is 0 Å². The van der Waals surface area contributed by atoms with Crippen molar-refractivity contribution in [2.45, 2.75) is 13.1 Å². The minimum absolute atomic E-state index is 0.193. The number of hydrogen-bond donors (Lipinski definition) is 2. The first kappa shape index (κ1) is 22.1. The van der Waals surface area contributed by atoms with Gasteiger partial charge in [-0.25, -0.2) is 0 Å². The molecule has 1 aliphatic heterocycles. The molecule has 0 radical (unpaired) electrons. The third-order valence-corrected chi connectivity index (χ3v) is 6.02. The zero-order valence-electron chi connectivity index (χ0n) is 18.8. The highest BCUT2D eigenvalue weighted by Crippen LogP contribution is 2.27. The van der Waals surface area contributed by atoms with Crippen molar-refractivity contribution < 1.29 is 9.59 Å². The topological polar surface area (TPSA) is 117 Å². The summed E-state index contributed by atoms with van der Waals surface area (Å²) >= 11 is 0. The molecule has 8 nitrogen and oxygen atoms in total. The summed E-state index contributed by atoms with van der Waals surface area (Å²) in [4.78, 5) is 28.0. The smallest absolute Gasteiger partial charge is 0.277 e. The van der Waals surface area contributed by atoms with Crippen LogP contribution in [0.15, 0.2) is 79.0 Å². The van der Waals surface area contributed by atoms with E-state index in [1.54, 1.807) is 33.8 Å². The zero-order chi connectivity index (χ0) is 24.4. The predicted octanol–water partition coefficient (Wildman–Crippen LogP) is 3.79. The van der Waals surface area contributed by atoms with E-state index in [2.05, 4.69) is 10.4 Å². The Labute approximate surface area is 202 Å². The molecule has 0 spiro atoms. The Hall–Kier alpha value is -4.74. The highest BCUT2D eigenvalue weighted by Gasteiger charge is 2.32. The Morgan fingerprint density at radius 2 is 1.74 bits per heavy atom. The van der Waals surface area contributed by atoms with Crippen molar-refractivity contribution in [3.8, 4) is 17.2 Å². The number of nitrogens with two attached hydrogens (primary N) is 1. The van der Waals surface area contributed by atoms with E-state index in [0.717, 1.165) is 22.4 Å². The monoisotopic (exact) mass is 462 g/mol. The summed E-state index contributed by atoms with van der Waals surface area (Å²) < 4.78 is 1.56. The molecule has 1 aliphatic rings. The molecule has 2 amide bonds. The Morgan fingerprint density at radius 1 is 1.03 bits per heavy atom. The Kier molecular flexibility index (Phi) is 5.83. The lowest BCUT2D eigenvalue weighted by molar-refractivity contribution is 0.0947. The first-order valence-corrected chi connectivity index (χ1v) is 11.2. The van der Waals surface area contributed by atoms with Gasteiger partial charge in [0.2, 0.25) is 0 Å². The van der Waals surface area contributed by atoms with Crippen LogP contribution < -0.4 is 16.0 Å². The third kappa shape index (κ3) is 4.28. The van der Waals surface area contributed by atoms with Crippen molar-refractivity contribution >= 4 is 23.2 Å². The minimum Gasteiger partial charge on any atom is -0.326 e. The van der Waals surface area contributed by atoms with Gasteiger partial charge in [-0.3, -0.25) is 14.3 Å². The van der Waals surface area contributed by atoms with E-state index in [0.29, 0.717) is 30.9 Å². The van der Waals surface area contributed by atoms with Gasteiger partial charge in [0.05, 0.1) is 29.9 Å². The second-order valence-corrected chi connectivity index (χ2v) is 8.18. The normalized spacial score (nSPS) is 12.7. The first-order chi connectivity index (χ1) is 17.1. The van der Waals surface area contributed by atoms with Crippen LogP contribution >= 0.6 is 0 Å². The van der Waals surface area contributed by atoms with E-state index in [-0.39, 0.29) is 17.2 Å². The largest absolute Gasteiger partial charge is 0.326 e. The lowest BCUT2D eigenvalue weighted by Gasteiger charge is -2.28. The number of nitriles is 1. The Balaban J connectivity index is 1.37. The van der Waals surface area contributed by atoms with Gasteiger partial charge in [-0.2, -0.15) is 10.4 Å². The van der Waals surface area contributed by atoms with Gasteiger partial charge in [0.1, 0.15) is 5.69 Å². The van der Waals surface area contributed by atoms with Crippen molar-refractivity contribution in [2.75, 3.05) is 16.8 Å². The second-order valence-electron chi connectivity index (χ2n) is 8.18. The maximum Gasteiger partial charge on any atom is 0.277 e. The molecular formula is C27H22N6O2. The molecule has 3 aromatic carbocycles. The van der Waals surface area contributed by atoms with E-state index >= 15 is 0 Å². The fourth-order valence-corrected chi connectivity index (χ4v) is 4.15. The fourth-order valence-electron chi connectivity index (χ4n) is 4.15. The van der Waals surface area contributed by atoms with Crippen LogP contribution in [0.25, 0.3) is 11.1 Å². The molecule has 0 saturated carbocycles. The average molecular weight is 463 g/mol. The van der Waals surface area contributed by atoms with Crippen LogP contribution in [0, 0.1) is 11.3 Å². The standard InChI is InChI=1S/C27H22N6O2/c28-15-18-4-6-20(7-5-18)21-8-10-23(11-9-21)32-12-13-33-25(27(32)35)24(17-30-33)26(34)31-22-3-1-2-19(14-22)16-29/h1-11,14,17H,12-13,15,28H2,(H,31,34). The summed E-state index contributed by atoms with van der Waals surface area (Å²) in [5.74, 6) is -0.738. The van der Waals surface area contributed by atoms with Gasteiger partial charge in [0, 0.05) is 24.5 Å². The van der Waals surface area contributed by atoms with E-state index in [9.17, 15) is 9.59 Å². The van der Waals surface area contributed by atoms with E-state index in [4.69, 9.17) is 11.0 Å². The van der Waals surface area contributed by atoms with Gasteiger partial charge in [-0.1, -0.05) is 42.5 Å². The van der Waals surface area contributed by atoms with Gasteiger partial charge < -0.3 is 16.0 Å². The van der Waals surface area contributed by atoms with Gasteiger partial charge in [0.15, 0.2) is 0 Å². The van der Waals surface area contributed by atoms with Crippen LogP contribution in [-0.4, -0.2) is 28.1 Å². The van der Waals surface area contributed by atoms with Crippen molar-refractivity contribution in [3.05, 3.63) is 101 Å². The lowest BCUT2D eigenvalue weighted by Crippen LogP contribution is -2.41. The van der Waals surface area contributed by atoms with Gasteiger partial charge in [-0.15, -0.1) is 0 Å². The van der Waals surface area contributed by atoms with Crippen LogP contribution in [0.1, 0.15) is 32.0 Å². The highest BCUT2D eigenvalue weighted by atomic mass is 16.2. The first-order valence-electron chi connectivity index (χ1n) is 11.2. The number of anilines is 2. The van der Waals surface area contributed by atoms with Crippen molar-refractivity contribution in [1.82, 2.24) is 9.78 Å². The molecule has 4 aromatic rings. The number of benzene rings is 3. The molecule has 3 N–H and O–H groups in total. The number of fused-ring (bicyclic) bond motifs is 1. The molecule has 0 atom stereocenters. The summed E-state index contributed by atoms with van der Waals surface area (Å²) in [6.45, 7) is 1.42.